The fourth-order valence-corrected chi connectivity index (χ4v) is 0. The summed E-state index contributed by atoms with van der Waals surface area (Å²) in [5.41, 5.74) is 0. The zero-order valence-electron chi connectivity index (χ0n) is 2.21. The van der Waals surface area contributed by atoms with Crippen molar-refractivity contribution in [3.63, 3.8) is 0 Å². The van der Waals surface area contributed by atoms with Crippen LogP contribution < -0.4 is 0 Å². The predicted molar refractivity (Wildman–Crippen MR) is 34.4 cm³/mol. The summed E-state index contributed by atoms with van der Waals surface area (Å²) in [6, 6.07) is 0. The molecule has 32 valence electrons. The van der Waals surface area contributed by atoms with Gasteiger partial charge < -0.3 is 0 Å². The van der Waals surface area contributed by atoms with Gasteiger partial charge in [-0.2, -0.15) is 0 Å². The number of rotatable bonds is 0. The molecule has 0 N–H and O–H groups in total. The van der Waals surface area contributed by atoms with E-state index < -0.39 is 5.31 Å². The Labute approximate surface area is 48.9 Å². The van der Waals surface area contributed by atoms with E-state index in [0.29, 0.717) is 0 Å². The van der Waals surface area contributed by atoms with Gasteiger partial charge >= 0.3 is 5.31 Å². The summed E-state index contributed by atoms with van der Waals surface area (Å²) in [7, 11) is 2.02. The monoisotopic (exact) mass is 238 g/mol. The molecule has 1 unspecified atom stereocenters. The Bertz CT molecular complexity index is 25.1. The van der Waals surface area contributed by atoms with Crippen LogP contribution in [-0.2, 0) is 0 Å². The molecule has 0 saturated carbocycles. The Morgan fingerprint density at radius 3 is 1.60 bits per heavy atom. The minimum atomic E-state index is -2.57. The molecule has 0 aliphatic heterocycles. The van der Waals surface area contributed by atoms with Gasteiger partial charge in [0, 0.05) is 0 Å². The smallest absolute Gasteiger partial charge is 0.279 e. The maximum atomic E-state index is 11.6. The zero-order chi connectivity index (χ0) is 4.50. The van der Waals surface area contributed by atoms with Crippen LogP contribution in [0.15, 0.2) is 0 Å². The van der Waals surface area contributed by atoms with Crippen molar-refractivity contribution in [1.29, 1.82) is 0 Å². The molecule has 0 heterocycles. The van der Waals surface area contributed by atoms with Crippen molar-refractivity contribution in [3.8, 4) is 0 Å². The van der Waals surface area contributed by atoms with Crippen LogP contribution in [0.3, 0.4) is 0 Å². The Kier molecular flexibility index (Phi) is 2.62. The fraction of sp³-hybridized carbons (Fsp3) is 0. The van der Waals surface area contributed by atoms with E-state index in [1.165, 1.54) is 0 Å². The largest absolute Gasteiger partial charge is 0.400 e. The summed E-state index contributed by atoms with van der Waals surface area (Å²) in [4.78, 5) is 0. The predicted octanol–water partition coefficient (Wildman–Crippen LogP) is 2.06. The van der Waals surface area contributed by atoms with Crippen LogP contribution in [-0.4, -0.2) is 5.31 Å². The normalized spacial score (nSPS) is 12.0. The van der Waals surface area contributed by atoms with Crippen LogP contribution in [0, 0.1) is 0 Å². The average Bonchev–Trinajstić information content (AvgIpc) is 0.722. The van der Waals surface area contributed by atoms with E-state index >= 15 is 0 Å². The molecule has 0 bridgehead atoms. The molecule has 0 saturated heterocycles. The van der Waals surface area contributed by atoms with E-state index in [1.807, 2.05) is 8.79 Å². The lowest BCUT2D eigenvalue weighted by Gasteiger charge is -1.88. The molecule has 5 heteroatoms. The van der Waals surface area contributed by atoms with Crippen molar-refractivity contribution < 1.29 is 4.11 Å². The van der Waals surface area contributed by atoms with Gasteiger partial charge in [-0.3, -0.25) is 4.11 Å². The molecule has 0 aromatic rings. The highest BCUT2D eigenvalue weighted by Crippen LogP contribution is 2.27. The lowest BCUT2D eigenvalue weighted by Crippen LogP contribution is -1.90. The second-order valence-corrected chi connectivity index (χ2v) is 19.2. The maximum absolute atomic E-state index is 11.6. The molecule has 0 aliphatic rings. The topological polar surface area (TPSA) is 0 Å². The second kappa shape index (κ2) is 2.01. The Hall–Kier alpha value is 1.54. The standard InChI is InChI=1S/Br2FH2PSi/c1-5(2,3)4/h4H2. The molecular weight excluding hydrogens is 238 g/mol. The maximum Gasteiger partial charge on any atom is 0.400 e. The molecule has 0 aromatic carbocycles. The minimum Gasteiger partial charge on any atom is -0.279 e. The zero-order valence-corrected chi connectivity index (χ0v) is 7.54. The summed E-state index contributed by atoms with van der Waals surface area (Å²) >= 11 is 5.45. The molecule has 0 spiro atoms. The summed E-state index contributed by atoms with van der Waals surface area (Å²) in [5, 5.41) is -2.57. The molecular formula is H2Br2FPSi. The van der Waals surface area contributed by atoms with Crippen molar-refractivity contribution in [2.24, 2.45) is 0 Å². The van der Waals surface area contributed by atoms with E-state index in [4.69, 9.17) is 0 Å². The van der Waals surface area contributed by atoms with E-state index in [0.717, 1.165) is 0 Å². The Morgan fingerprint density at radius 2 is 1.60 bits per heavy atom. The summed E-state index contributed by atoms with van der Waals surface area (Å²) < 4.78 is 11.6. The van der Waals surface area contributed by atoms with E-state index in [9.17, 15) is 4.11 Å². The summed E-state index contributed by atoms with van der Waals surface area (Å²) in [6.45, 7) is 0. The van der Waals surface area contributed by atoms with Gasteiger partial charge in [-0.15, -0.1) is 0 Å². The van der Waals surface area contributed by atoms with E-state index in [2.05, 4.69) is 30.6 Å². The average molecular weight is 240 g/mol. The first-order valence-electron chi connectivity index (χ1n) is 0.856. The number of hydrogen-bond donors (Lipinski definition) is 0. The SMILES string of the molecule is F[Si](P)(Br)Br. The molecule has 0 aliphatic carbocycles. The van der Waals surface area contributed by atoms with Gasteiger partial charge in [-0.25, -0.2) is 0 Å². The first kappa shape index (κ1) is 6.54. The van der Waals surface area contributed by atoms with Crippen molar-refractivity contribution in [2.75, 3.05) is 0 Å². The first-order valence-corrected chi connectivity index (χ1v) is 9.06. The van der Waals surface area contributed by atoms with Crippen LogP contribution in [0.4, 0.5) is 4.11 Å². The third-order valence-corrected chi connectivity index (χ3v) is 0. The number of hydrogen-bond acceptors (Lipinski definition) is 0. The van der Waals surface area contributed by atoms with E-state index in [1.54, 1.807) is 0 Å². The van der Waals surface area contributed by atoms with Crippen LogP contribution in [0.5, 0.6) is 0 Å². The van der Waals surface area contributed by atoms with Crippen LogP contribution >= 0.6 is 39.4 Å². The van der Waals surface area contributed by atoms with Gasteiger partial charge in [0.15, 0.2) is 0 Å². The van der Waals surface area contributed by atoms with Crippen molar-refractivity contribution >= 4 is 44.7 Å². The molecule has 0 aromatic heterocycles. The van der Waals surface area contributed by atoms with Gasteiger partial charge in [0.05, 0.1) is 0 Å². The highest BCUT2D eigenvalue weighted by Gasteiger charge is 2.16. The minimum absolute atomic E-state index is 2.02. The molecule has 0 rings (SSSR count). The lowest BCUT2D eigenvalue weighted by molar-refractivity contribution is 0.884. The second-order valence-electron chi connectivity index (χ2n) is 0.542. The van der Waals surface area contributed by atoms with Crippen LogP contribution in [0.1, 0.15) is 0 Å². The summed E-state index contributed by atoms with van der Waals surface area (Å²) in [5.74, 6) is 0. The summed E-state index contributed by atoms with van der Waals surface area (Å²) in [6.07, 6.45) is 0. The van der Waals surface area contributed by atoms with Crippen molar-refractivity contribution in [1.82, 2.24) is 0 Å². The molecule has 5 heavy (non-hydrogen) atoms. The van der Waals surface area contributed by atoms with Gasteiger partial charge in [-0.05, 0) is 0 Å². The lowest BCUT2D eigenvalue weighted by atomic mass is 18.9. The van der Waals surface area contributed by atoms with Crippen molar-refractivity contribution in [2.45, 2.75) is 0 Å². The Balaban J connectivity index is 3.02. The highest BCUT2D eigenvalue weighted by molar-refractivity contribution is 9.54. The first-order chi connectivity index (χ1) is 2.00. The molecule has 0 fully saturated rings. The quantitative estimate of drug-likeness (QED) is 0.345. The number of halogens is 3. The van der Waals surface area contributed by atoms with Gasteiger partial charge in [0.25, 0.3) is 0 Å². The van der Waals surface area contributed by atoms with Gasteiger partial charge in [0.1, 0.15) is 0 Å². The molecule has 0 amide bonds. The Morgan fingerprint density at radius 1 is 1.60 bits per heavy atom. The third kappa shape index (κ3) is 29.3. The third-order valence-electron chi connectivity index (χ3n) is 0. The molecule has 0 radical (unpaired) electrons. The molecule has 1 atom stereocenters. The van der Waals surface area contributed by atoms with E-state index in [-0.39, 0.29) is 0 Å². The fourth-order valence-electron chi connectivity index (χ4n) is 0. The van der Waals surface area contributed by atoms with Crippen molar-refractivity contribution in [3.05, 3.63) is 0 Å². The molecule has 0 nitrogen and oxygen atoms in total. The van der Waals surface area contributed by atoms with Gasteiger partial charge in [-0.1, -0.05) is 39.4 Å². The van der Waals surface area contributed by atoms with Gasteiger partial charge in [0.2, 0.25) is 0 Å². The van der Waals surface area contributed by atoms with Crippen LogP contribution in [0.25, 0.3) is 0 Å². The van der Waals surface area contributed by atoms with Crippen LogP contribution in [0.2, 0.25) is 0 Å². The highest BCUT2D eigenvalue weighted by atomic mass is 79.9.